The van der Waals surface area contributed by atoms with Crippen LogP contribution < -0.4 is 59.5 Å². The number of hydrogen-bond acceptors (Lipinski definition) is 22. The Morgan fingerprint density at radius 3 is 0.767 bits per heavy atom. The molecule has 0 radical (unpaired) electrons. The molecule has 133 heavy (non-hydrogen) atoms. The molecular formula is C95H71Br10N8O20+. The fourth-order valence-corrected chi connectivity index (χ4v) is 21.0. The molecule has 38 heteroatoms. The number of carbonyl (C=O) groups is 12. The maximum Gasteiger partial charge on any atom is 0.409 e. The van der Waals surface area contributed by atoms with Crippen LogP contribution in [0.4, 0.5) is 64.7 Å². The van der Waals surface area contributed by atoms with Crippen LogP contribution in [0.2, 0.25) is 0 Å². The van der Waals surface area contributed by atoms with Gasteiger partial charge in [-0.25, -0.2) is 19.2 Å². The minimum Gasteiger partial charge on any atom is -1.00 e. The van der Waals surface area contributed by atoms with Crippen LogP contribution in [0.15, 0.2) is 230 Å². The highest BCUT2D eigenvalue weighted by atomic mass is 79.9. The first-order valence-corrected chi connectivity index (χ1v) is 45.6. The molecule has 14 N–H and O–H groups in total. The molecule has 12 aromatic carbocycles. The van der Waals surface area contributed by atoms with E-state index in [1.165, 1.54) is 36.4 Å². The standard InChI is InChI=1S/2C47H32Br4N4O10.CH4.2BrH/c2*1-20(26-15-34(30(50)17-28(26)48)54-32-11-13-36(56)40-38(32)42(58)22-7-3-5-9-24(22)44(40)60)64-46(62)52-19-53-47(63)65-21(2)27-16-35(31(51)18-29(27)49)55-33-12-14-37(57)41-39(33)43(59)23-8-4-6-10-25(23)45(41)61;;;/h2*3-18,20-21,54-57H,19H2,1-2H3,(H,52,62)(H,53,63);1H4;2*1H/p+1. The van der Waals surface area contributed by atoms with Crippen molar-refractivity contribution in [1.29, 1.82) is 0 Å². The fraction of sp³-hybridized carbons (Fsp3) is 0.116. The van der Waals surface area contributed by atoms with Crippen LogP contribution in [0.25, 0.3) is 0 Å². The highest BCUT2D eigenvalue weighted by molar-refractivity contribution is 9.12. The zero-order valence-electron chi connectivity index (χ0n) is 68.5. The molecule has 0 bridgehead atoms. The number of benzene rings is 12. The summed E-state index contributed by atoms with van der Waals surface area (Å²) in [4.78, 5) is 160. The van der Waals surface area contributed by atoms with Crippen molar-refractivity contribution in [3.05, 3.63) is 341 Å². The molecule has 0 heterocycles. The van der Waals surface area contributed by atoms with Gasteiger partial charge < -0.3 is 88.3 Å². The summed E-state index contributed by atoms with van der Waals surface area (Å²) in [7, 11) is 0. The van der Waals surface area contributed by atoms with Gasteiger partial charge in [0.2, 0.25) is 11.6 Å². The van der Waals surface area contributed by atoms with E-state index in [0.29, 0.717) is 92.2 Å². The number of ketones is 8. The number of phenols is 4. The molecule has 680 valence electrons. The Bertz CT molecular complexity index is 6150. The van der Waals surface area contributed by atoms with E-state index in [-0.39, 0.29) is 178 Å². The van der Waals surface area contributed by atoms with Gasteiger partial charge in [-0.1, -0.05) is 168 Å². The average molecular weight is 2440 g/mol. The van der Waals surface area contributed by atoms with E-state index in [0.717, 1.165) is 0 Å². The number of nitrogens with one attached hydrogen (secondary N) is 6. The lowest BCUT2D eigenvalue weighted by Crippen LogP contribution is -3.00. The Kier molecular flexibility index (Phi) is 31.8. The summed E-state index contributed by atoms with van der Waals surface area (Å²) in [6, 6.07) is 51.0. The number of hydrogen-bond donors (Lipinski definition) is 12. The van der Waals surface area contributed by atoms with Crippen molar-refractivity contribution in [2.75, 3.05) is 24.0 Å². The smallest absolute Gasteiger partial charge is 0.409 e. The average Bonchev–Trinajstić information content (AvgIpc) is 0.754. The summed E-state index contributed by atoms with van der Waals surface area (Å²) in [6.07, 6.45) is -6.74. The number of anilines is 4. The van der Waals surface area contributed by atoms with Gasteiger partial charge in [-0.2, -0.15) is 0 Å². The van der Waals surface area contributed by atoms with Gasteiger partial charge in [-0.3, -0.25) is 49.0 Å². The van der Waals surface area contributed by atoms with Crippen LogP contribution in [0.1, 0.15) is 209 Å². The van der Waals surface area contributed by atoms with Crippen molar-refractivity contribution in [1.82, 2.24) is 21.3 Å². The Hall–Kier alpha value is -11.4. The molecule has 4 aliphatic rings. The quantitative estimate of drug-likeness (QED) is 0.0146. The maximum atomic E-state index is 13.7. The number of alkyl carbamates (subject to hydrolysis) is 4. The fourth-order valence-electron chi connectivity index (χ4n) is 15.3. The molecule has 4 amide bonds. The maximum absolute atomic E-state index is 13.7. The van der Waals surface area contributed by atoms with Gasteiger partial charge in [0.05, 0.1) is 89.5 Å². The molecule has 0 spiro atoms. The lowest BCUT2D eigenvalue weighted by Gasteiger charge is -2.23. The first-order chi connectivity index (χ1) is 62.1. The summed E-state index contributed by atoms with van der Waals surface area (Å²) in [6.45, 7) is 5.86. The summed E-state index contributed by atoms with van der Waals surface area (Å²) in [5.41, 5.74) is 7.23. The van der Waals surface area contributed by atoms with E-state index in [4.69, 9.17) is 18.9 Å². The number of nitrogens with two attached hydrogens (primary N) is 2. The Balaban J connectivity index is 0.000000235. The second-order valence-corrected chi connectivity index (χ2v) is 36.5. The predicted octanol–water partition coefficient (Wildman–Crippen LogP) is 18.6. The normalized spacial score (nSPS) is 13.1. The molecule has 12 aromatic rings. The SMILES string of the molecule is Br.C.CC(OC(=O)NCNC(=O)OC(C)c1cc(Nc2ccc(O)c3c2C(=O)c2ccccc2C3=O)c(Br)cc1Br)c1cc(Nc2ccc(O)c3c2C(=O)c2ccccc2C3=O)c(Br)cc1Br.CC(OC(=O)NCNC(=O)OC(C)c1cc([NH2+]c2ccc(O)c3c2C(=O)c2ccccc2C3=O)c(Br)cc1Br)c1cc([NH2+]c2ccc(O)c3c2C(=O)c2ccccc2C3=O)c(Br)cc1Br.[Br-]. The van der Waals surface area contributed by atoms with Crippen LogP contribution in [-0.2, 0) is 18.9 Å². The predicted molar refractivity (Wildman–Crippen MR) is 521 cm³/mol. The van der Waals surface area contributed by atoms with E-state index in [2.05, 4.69) is 159 Å². The molecule has 0 saturated carbocycles. The minimum atomic E-state index is -0.864. The zero-order chi connectivity index (χ0) is 92.9. The van der Waals surface area contributed by atoms with Crippen molar-refractivity contribution >= 4 is 261 Å². The molecule has 0 fully saturated rings. The van der Waals surface area contributed by atoms with Crippen molar-refractivity contribution in [3.63, 3.8) is 0 Å². The van der Waals surface area contributed by atoms with Gasteiger partial charge in [0.15, 0.2) is 34.7 Å². The van der Waals surface area contributed by atoms with E-state index < -0.39 is 95.1 Å². The molecule has 4 unspecified atom stereocenters. The lowest BCUT2D eigenvalue weighted by molar-refractivity contribution is -0.480. The molecule has 4 atom stereocenters. The monoisotopic (exact) mass is 2430 g/mol. The van der Waals surface area contributed by atoms with Crippen molar-refractivity contribution in [3.8, 4) is 23.0 Å². The third-order valence-electron chi connectivity index (χ3n) is 21.7. The third-order valence-corrected chi connectivity index (χ3v) is 27.1. The van der Waals surface area contributed by atoms with E-state index in [9.17, 15) is 78.0 Å². The molecule has 0 aliphatic heterocycles. The Morgan fingerprint density at radius 2 is 0.504 bits per heavy atom. The topological polar surface area (TPSA) is 428 Å². The summed E-state index contributed by atoms with van der Waals surface area (Å²) < 4.78 is 27.2. The second kappa shape index (κ2) is 42.0. The number of quaternary nitrogens is 2. The number of halogens is 10. The summed E-state index contributed by atoms with van der Waals surface area (Å²) in [5.74, 6) is -4.76. The van der Waals surface area contributed by atoms with Gasteiger partial charge in [-0.15, -0.1) is 17.0 Å². The van der Waals surface area contributed by atoms with Gasteiger partial charge >= 0.3 is 24.4 Å². The summed E-state index contributed by atoms with van der Waals surface area (Å²) in [5, 5.41) is 62.2. The number of aromatic hydroxyl groups is 4. The van der Waals surface area contributed by atoms with Crippen molar-refractivity contribution in [2.45, 2.75) is 59.5 Å². The molecule has 16 rings (SSSR count). The van der Waals surface area contributed by atoms with Gasteiger partial charge in [0.25, 0.3) is 0 Å². The highest BCUT2D eigenvalue weighted by Gasteiger charge is 2.41. The number of rotatable bonds is 20. The lowest BCUT2D eigenvalue weighted by atomic mass is 9.82. The van der Waals surface area contributed by atoms with Crippen LogP contribution in [0.3, 0.4) is 0 Å². The van der Waals surface area contributed by atoms with Crippen LogP contribution in [-0.4, -0.2) is 104 Å². The molecule has 4 aliphatic carbocycles. The van der Waals surface area contributed by atoms with Crippen molar-refractivity contribution in [2.24, 2.45) is 0 Å². The number of amides is 4. The molecular weight excluding hydrogens is 2370 g/mol. The number of carbonyl (C=O) groups excluding carboxylic acids is 12. The van der Waals surface area contributed by atoms with Crippen LogP contribution in [0.5, 0.6) is 23.0 Å². The second-order valence-electron chi connectivity index (χ2n) is 29.7. The third kappa shape index (κ3) is 20.4. The van der Waals surface area contributed by atoms with E-state index in [1.54, 1.807) is 196 Å². The minimum absolute atomic E-state index is 0. The number of fused-ring (bicyclic) bond motifs is 8. The van der Waals surface area contributed by atoms with Crippen LogP contribution >= 0.6 is 144 Å². The first kappa shape index (κ1) is 101. The molecule has 0 saturated heterocycles. The Labute approximate surface area is 845 Å². The van der Waals surface area contributed by atoms with E-state index >= 15 is 0 Å². The Morgan fingerprint density at radius 1 is 0.286 bits per heavy atom. The first-order valence-electron chi connectivity index (χ1n) is 39.2. The van der Waals surface area contributed by atoms with Crippen LogP contribution in [0, 0.1) is 0 Å². The summed E-state index contributed by atoms with van der Waals surface area (Å²) >= 11 is 28.3. The molecule has 0 aromatic heterocycles. The highest BCUT2D eigenvalue weighted by Crippen LogP contribution is 2.47. The van der Waals surface area contributed by atoms with Gasteiger partial charge in [0.1, 0.15) is 70.2 Å². The molecule has 28 nitrogen and oxygen atoms in total. The zero-order valence-corrected chi connectivity index (χ0v) is 84.5. The number of ether oxygens (including phenoxy) is 4. The van der Waals surface area contributed by atoms with E-state index in [1.807, 2.05) is 0 Å². The van der Waals surface area contributed by atoms with Crippen molar-refractivity contribution < 1.29 is 125 Å². The largest absolute Gasteiger partial charge is 1.00 e. The van der Waals surface area contributed by atoms with Gasteiger partial charge in [0, 0.05) is 118 Å². The van der Waals surface area contributed by atoms with Gasteiger partial charge in [-0.05, 0) is 164 Å². The number of phenolic OH excluding ortho intramolecular Hbond substituents is 4.